The van der Waals surface area contributed by atoms with Crippen molar-refractivity contribution in [2.75, 3.05) is 7.05 Å². The number of aromatic nitrogens is 3. The van der Waals surface area contributed by atoms with Gasteiger partial charge in [-0.1, -0.05) is 26.0 Å². The third-order valence-corrected chi connectivity index (χ3v) is 3.57. The van der Waals surface area contributed by atoms with E-state index in [1.165, 1.54) is 0 Å². The summed E-state index contributed by atoms with van der Waals surface area (Å²) in [5, 5.41) is 7.51. The van der Waals surface area contributed by atoms with Crippen LogP contribution in [-0.2, 0) is 13.0 Å². The number of benzene rings is 1. The second-order valence-corrected chi connectivity index (χ2v) is 5.81. The molecule has 1 aromatic heterocycles. The van der Waals surface area contributed by atoms with Gasteiger partial charge in [0.15, 0.2) is 0 Å². The van der Waals surface area contributed by atoms with E-state index in [1.54, 1.807) is 19.3 Å². The van der Waals surface area contributed by atoms with E-state index in [0.29, 0.717) is 17.9 Å². The average Bonchev–Trinajstić information content (AvgIpc) is 2.85. The SMILES string of the molecule is CNC(Cc1ncnn1CC(C)C)c1ccc(C)c(F)c1. The summed E-state index contributed by atoms with van der Waals surface area (Å²) in [4.78, 5) is 4.34. The van der Waals surface area contributed by atoms with E-state index in [2.05, 4.69) is 29.2 Å². The van der Waals surface area contributed by atoms with Crippen LogP contribution in [-0.4, -0.2) is 21.8 Å². The molecule has 1 atom stereocenters. The summed E-state index contributed by atoms with van der Waals surface area (Å²) in [6, 6.07) is 5.39. The van der Waals surface area contributed by atoms with Crippen molar-refractivity contribution in [2.24, 2.45) is 5.92 Å². The van der Waals surface area contributed by atoms with Crippen LogP contribution in [0.15, 0.2) is 24.5 Å². The third-order valence-electron chi connectivity index (χ3n) is 3.57. The fourth-order valence-electron chi connectivity index (χ4n) is 2.34. The number of nitrogens with one attached hydrogen (secondary N) is 1. The molecule has 0 fully saturated rings. The fourth-order valence-corrected chi connectivity index (χ4v) is 2.34. The van der Waals surface area contributed by atoms with Crippen molar-refractivity contribution in [3.63, 3.8) is 0 Å². The summed E-state index contributed by atoms with van der Waals surface area (Å²) >= 11 is 0. The predicted molar refractivity (Wildman–Crippen MR) is 81.5 cm³/mol. The minimum Gasteiger partial charge on any atom is -0.313 e. The number of hydrogen-bond acceptors (Lipinski definition) is 3. The van der Waals surface area contributed by atoms with Crippen LogP contribution in [0, 0.1) is 18.7 Å². The van der Waals surface area contributed by atoms with Gasteiger partial charge in [0.2, 0.25) is 0 Å². The Kier molecular flexibility index (Phi) is 5.07. The molecule has 114 valence electrons. The highest BCUT2D eigenvalue weighted by Crippen LogP contribution is 2.20. The van der Waals surface area contributed by atoms with Crippen molar-refractivity contribution in [3.8, 4) is 0 Å². The largest absolute Gasteiger partial charge is 0.313 e. The molecule has 2 rings (SSSR count). The number of halogens is 1. The maximum absolute atomic E-state index is 13.7. The number of likely N-dealkylation sites (N-methyl/N-ethyl adjacent to an activating group) is 1. The second-order valence-electron chi connectivity index (χ2n) is 5.81. The van der Waals surface area contributed by atoms with Gasteiger partial charge < -0.3 is 5.32 Å². The minimum atomic E-state index is -0.170. The zero-order valence-corrected chi connectivity index (χ0v) is 13.1. The summed E-state index contributed by atoms with van der Waals surface area (Å²) in [7, 11) is 1.88. The van der Waals surface area contributed by atoms with E-state index < -0.39 is 0 Å². The van der Waals surface area contributed by atoms with Crippen LogP contribution in [0.25, 0.3) is 0 Å². The Morgan fingerprint density at radius 2 is 2.10 bits per heavy atom. The lowest BCUT2D eigenvalue weighted by Crippen LogP contribution is -2.22. The maximum Gasteiger partial charge on any atom is 0.138 e. The molecule has 0 bridgehead atoms. The topological polar surface area (TPSA) is 42.7 Å². The molecule has 0 saturated heterocycles. The third kappa shape index (κ3) is 3.88. The molecule has 0 aliphatic heterocycles. The van der Waals surface area contributed by atoms with E-state index >= 15 is 0 Å². The standard InChI is InChI=1S/C16H23FN4/c1-11(2)9-21-16(19-10-20-21)8-15(18-4)13-6-5-12(3)14(17)7-13/h5-7,10-11,15,18H,8-9H2,1-4H3. The van der Waals surface area contributed by atoms with Crippen molar-refractivity contribution in [1.29, 1.82) is 0 Å². The first-order valence-corrected chi connectivity index (χ1v) is 7.31. The Bertz CT molecular complexity index is 592. The van der Waals surface area contributed by atoms with Gasteiger partial charge in [-0.3, -0.25) is 0 Å². The van der Waals surface area contributed by atoms with E-state index in [-0.39, 0.29) is 11.9 Å². The molecule has 0 spiro atoms. The van der Waals surface area contributed by atoms with Crippen LogP contribution in [0.1, 0.15) is 36.8 Å². The normalized spacial score (nSPS) is 12.9. The molecular weight excluding hydrogens is 267 g/mol. The summed E-state index contributed by atoms with van der Waals surface area (Å²) in [6.07, 6.45) is 2.27. The highest BCUT2D eigenvalue weighted by Gasteiger charge is 2.16. The monoisotopic (exact) mass is 290 g/mol. The molecular formula is C16H23FN4. The molecule has 0 saturated carbocycles. The van der Waals surface area contributed by atoms with Gasteiger partial charge in [0.1, 0.15) is 18.0 Å². The summed E-state index contributed by atoms with van der Waals surface area (Å²) in [5.41, 5.74) is 1.59. The summed E-state index contributed by atoms with van der Waals surface area (Å²) in [5.74, 6) is 1.26. The molecule has 1 unspecified atom stereocenters. The van der Waals surface area contributed by atoms with Crippen molar-refractivity contribution in [1.82, 2.24) is 20.1 Å². The zero-order chi connectivity index (χ0) is 15.4. The first kappa shape index (κ1) is 15.6. The lowest BCUT2D eigenvalue weighted by Gasteiger charge is -2.18. The van der Waals surface area contributed by atoms with Gasteiger partial charge in [0, 0.05) is 19.0 Å². The van der Waals surface area contributed by atoms with Gasteiger partial charge in [-0.25, -0.2) is 14.1 Å². The lowest BCUT2D eigenvalue weighted by molar-refractivity contribution is 0.451. The molecule has 1 N–H and O–H groups in total. The van der Waals surface area contributed by atoms with Crippen molar-refractivity contribution < 1.29 is 4.39 Å². The highest BCUT2D eigenvalue weighted by molar-refractivity contribution is 5.26. The van der Waals surface area contributed by atoms with E-state index in [0.717, 1.165) is 17.9 Å². The molecule has 0 radical (unpaired) electrons. The van der Waals surface area contributed by atoms with E-state index in [1.807, 2.05) is 23.9 Å². The minimum absolute atomic E-state index is 0.0233. The van der Waals surface area contributed by atoms with Gasteiger partial charge in [-0.2, -0.15) is 5.10 Å². The van der Waals surface area contributed by atoms with Crippen molar-refractivity contribution in [2.45, 2.75) is 39.8 Å². The Morgan fingerprint density at radius 3 is 2.71 bits per heavy atom. The number of hydrogen-bond donors (Lipinski definition) is 1. The van der Waals surface area contributed by atoms with Gasteiger partial charge in [0.25, 0.3) is 0 Å². The molecule has 4 nitrogen and oxygen atoms in total. The molecule has 0 aliphatic rings. The zero-order valence-electron chi connectivity index (χ0n) is 13.1. The Hall–Kier alpha value is -1.75. The van der Waals surface area contributed by atoms with E-state index in [9.17, 15) is 4.39 Å². The highest BCUT2D eigenvalue weighted by atomic mass is 19.1. The van der Waals surface area contributed by atoms with Gasteiger partial charge >= 0.3 is 0 Å². The number of rotatable bonds is 6. The second kappa shape index (κ2) is 6.80. The lowest BCUT2D eigenvalue weighted by atomic mass is 10.0. The molecule has 21 heavy (non-hydrogen) atoms. The summed E-state index contributed by atoms with van der Waals surface area (Å²) in [6.45, 7) is 6.91. The van der Waals surface area contributed by atoms with E-state index in [4.69, 9.17) is 0 Å². The molecule has 1 aromatic carbocycles. The van der Waals surface area contributed by atoms with Crippen LogP contribution >= 0.6 is 0 Å². The first-order valence-electron chi connectivity index (χ1n) is 7.31. The predicted octanol–water partition coefficient (Wildman–Crippen LogP) is 2.88. The van der Waals surface area contributed by atoms with Crippen LogP contribution in [0.4, 0.5) is 4.39 Å². The number of nitrogens with zero attached hydrogens (tertiary/aromatic N) is 3. The average molecular weight is 290 g/mol. The smallest absolute Gasteiger partial charge is 0.138 e. The Morgan fingerprint density at radius 1 is 1.33 bits per heavy atom. The van der Waals surface area contributed by atoms with Crippen molar-refractivity contribution >= 4 is 0 Å². The fraction of sp³-hybridized carbons (Fsp3) is 0.500. The quantitative estimate of drug-likeness (QED) is 0.889. The maximum atomic E-state index is 13.7. The van der Waals surface area contributed by atoms with Gasteiger partial charge in [-0.05, 0) is 37.1 Å². The molecule has 5 heteroatoms. The van der Waals surface area contributed by atoms with Gasteiger partial charge in [-0.15, -0.1) is 0 Å². The van der Waals surface area contributed by atoms with Gasteiger partial charge in [0.05, 0.1) is 0 Å². The van der Waals surface area contributed by atoms with Crippen molar-refractivity contribution in [3.05, 3.63) is 47.3 Å². The first-order chi connectivity index (χ1) is 10.0. The molecule has 0 amide bonds. The summed E-state index contributed by atoms with van der Waals surface area (Å²) < 4.78 is 15.7. The molecule has 1 heterocycles. The van der Waals surface area contributed by atoms with Crippen LogP contribution in [0.3, 0.4) is 0 Å². The Balaban J connectivity index is 2.19. The van der Waals surface area contributed by atoms with Crippen LogP contribution < -0.4 is 5.32 Å². The molecule has 2 aromatic rings. The Labute approximate surface area is 125 Å². The molecule has 0 aliphatic carbocycles. The number of aryl methyl sites for hydroxylation is 1. The van der Waals surface area contributed by atoms with Crippen LogP contribution in [0.5, 0.6) is 0 Å². The van der Waals surface area contributed by atoms with Crippen LogP contribution in [0.2, 0.25) is 0 Å².